The van der Waals surface area contributed by atoms with Crippen molar-refractivity contribution in [2.45, 2.75) is 24.8 Å². The van der Waals surface area contributed by atoms with Crippen LogP contribution in [0.5, 0.6) is 0 Å². The smallest absolute Gasteiger partial charge is 0.329 e. The molecule has 0 aromatic carbocycles. The fourth-order valence-corrected chi connectivity index (χ4v) is 1.68. The summed E-state index contributed by atoms with van der Waals surface area (Å²) in [5.74, 6) is -1.22. The van der Waals surface area contributed by atoms with Crippen LogP contribution in [0.2, 0.25) is 0 Å². The van der Waals surface area contributed by atoms with E-state index in [1.807, 2.05) is 0 Å². The Kier molecular flexibility index (Phi) is 4.70. The van der Waals surface area contributed by atoms with Gasteiger partial charge in [0.05, 0.1) is 0 Å². The molecule has 0 saturated carbocycles. The maximum atomic E-state index is 11.5. The minimum atomic E-state index is -1.14. The first kappa shape index (κ1) is 12.9. The number of nitrogens with one attached hydrogen (secondary N) is 2. The Balaban J connectivity index is 2.56. The molecule has 0 aromatic heterocycles. The molecular formula is C10H18N2O4. The van der Waals surface area contributed by atoms with Gasteiger partial charge in [-0.1, -0.05) is 0 Å². The molecule has 1 fully saturated rings. The van der Waals surface area contributed by atoms with Crippen LogP contribution >= 0.6 is 0 Å². The Labute approximate surface area is 94.3 Å². The molecule has 0 aromatic rings. The lowest BCUT2D eigenvalue weighted by molar-refractivity contribution is -0.152. The summed E-state index contributed by atoms with van der Waals surface area (Å²) in [4.78, 5) is 22.7. The third-order valence-electron chi connectivity index (χ3n) is 2.74. The Bertz CT molecular complexity index is 262. The summed E-state index contributed by atoms with van der Waals surface area (Å²) < 4.78 is 5.11. The summed E-state index contributed by atoms with van der Waals surface area (Å²) in [7, 11) is 1.74. The number of carbonyl (C=O) groups excluding carboxylic acids is 1. The molecule has 1 amide bonds. The van der Waals surface area contributed by atoms with Crippen LogP contribution in [0.4, 0.5) is 0 Å². The molecule has 0 radical (unpaired) electrons. The molecule has 6 nitrogen and oxygen atoms in total. The summed E-state index contributed by atoms with van der Waals surface area (Å²) in [6.07, 6.45) is 0.938. The van der Waals surface area contributed by atoms with E-state index in [9.17, 15) is 14.7 Å². The molecule has 1 aliphatic heterocycles. The van der Waals surface area contributed by atoms with E-state index in [0.717, 1.165) is 0 Å². The van der Waals surface area contributed by atoms with Crippen molar-refractivity contribution in [2.24, 2.45) is 0 Å². The molecule has 0 aliphatic carbocycles. The second kappa shape index (κ2) is 5.81. The van der Waals surface area contributed by atoms with Crippen molar-refractivity contribution in [3.63, 3.8) is 0 Å². The minimum Gasteiger partial charge on any atom is -0.480 e. The molecule has 1 saturated heterocycles. The molecule has 0 bridgehead atoms. The zero-order valence-electron chi connectivity index (χ0n) is 9.41. The average Bonchev–Trinajstić information content (AvgIpc) is 2.27. The lowest BCUT2D eigenvalue weighted by atomic mass is 9.90. The third kappa shape index (κ3) is 3.18. The molecule has 0 unspecified atom stereocenters. The normalized spacial score (nSPS) is 19.1. The molecule has 16 heavy (non-hydrogen) atoms. The Morgan fingerprint density at radius 3 is 2.50 bits per heavy atom. The van der Waals surface area contributed by atoms with Crippen LogP contribution in [0.15, 0.2) is 0 Å². The quantitative estimate of drug-likeness (QED) is 0.584. The van der Waals surface area contributed by atoms with Crippen LogP contribution in [-0.4, -0.2) is 49.3 Å². The maximum Gasteiger partial charge on any atom is 0.329 e. The first-order valence-corrected chi connectivity index (χ1v) is 5.37. The van der Waals surface area contributed by atoms with Gasteiger partial charge in [0.25, 0.3) is 0 Å². The molecular weight excluding hydrogens is 212 g/mol. The zero-order valence-corrected chi connectivity index (χ0v) is 9.41. The van der Waals surface area contributed by atoms with E-state index in [0.29, 0.717) is 32.6 Å². The largest absolute Gasteiger partial charge is 0.480 e. The van der Waals surface area contributed by atoms with Gasteiger partial charge in [-0.2, -0.15) is 0 Å². The van der Waals surface area contributed by atoms with Crippen molar-refractivity contribution in [2.75, 3.05) is 26.8 Å². The molecule has 0 atom stereocenters. The molecule has 1 aliphatic rings. The molecule has 92 valence electrons. The van der Waals surface area contributed by atoms with Crippen molar-refractivity contribution in [3.8, 4) is 0 Å². The second-order valence-electron chi connectivity index (χ2n) is 3.90. The predicted molar refractivity (Wildman–Crippen MR) is 57.1 cm³/mol. The standard InChI is InChI=1S/C10H18N2O4/c1-11-5-2-8(13)12-10(9(14)15)3-6-16-7-4-10/h11H,2-7H2,1H3,(H,12,13)(H,14,15). The van der Waals surface area contributed by atoms with Crippen molar-refractivity contribution < 1.29 is 19.4 Å². The second-order valence-corrected chi connectivity index (χ2v) is 3.90. The number of carboxylic acid groups (broad SMARTS) is 1. The van der Waals surface area contributed by atoms with Gasteiger partial charge in [0.1, 0.15) is 5.54 Å². The predicted octanol–water partition coefficient (Wildman–Crippen LogP) is -0.654. The Morgan fingerprint density at radius 1 is 1.38 bits per heavy atom. The fourth-order valence-electron chi connectivity index (χ4n) is 1.68. The highest BCUT2D eigenvalue weighted by molar-refractivity contribution is 5.87. The molecule has 1 heterocycles. The van der Waals surface area contributed by atoms with Crippen LogP contribution in [0, 0.1) is 0 Å². The summed E-state index contributed by atoms with van der Waals surface area (Å²) >= 11 is 0. The van der Waals surface area contributed by atoms with E-state index in [1.54, 1.807) is 7.05 Å². The highest BCUT2D eigenvalue weighted by Gasteiger charge is 2.41. The summed E-state index contributed by atoms with van der Waals surface area (Å²) in [5.41, 5.74) is -1.14. The summed E-state index contributed by atoms with van der Waals surface area (Å²) in [5, 5.41) is 14.6. The van der Waals surface area contributed by atoms with Crippen LogP contribution in [0.1, 0.15) is 19.3 Å². The first-order valence-electron chi connectivity index (χ1n) is 5.37. The number of carbonyl (C=O) groups is 2. The number of ether oxygens (including phenoxy) is 1. The van der Waals surface area contributed by atoms with E-state index >= 15 is 0 Å². The van der Waals surface area contributed by atoms with Crippen LogP contribution < -0.4 is 10.6 Å². The van der Waals surface area contributed by atoms with E-state index in [-0.39, 0.29) is 12.3 Å². The van der Waals surface area contributed by atoms with Crippen molar-refractivity contribution in [1.29, 1.82) is 0 Å². The lowest BCUT2D eigenvalue weighted by Gasteiger charge is -2.33. The van der Waals surface area contributed by atoms with Crippen molar-refractivity contribution >= 4 is 11.9 Å². The number of rotatable bonds is 5. The summed E-state index contributed by atoms with van der Waals surface area (Å²) in [6.45, 7) is 1.29. The van der Waals surface area contributed by atoms with Gasteiger partial charge >= 0.3 is 5.97 Å². The van der Waals surface area contributed by atoms with E-state index in [1.165, 1.54) is 0 Å². The van der Waals surface area contributed by atoms with Gasteiger partial charge in [0.15, 0.2) is 0 Å². The lowest BCUT2D eigenvalue weighted by Crippen LogP contribution is -2.57. The average molecular weight is 230 g/mol. The topological polar surface area (TPSA) is 87.7 Å². The van der Waals surface area contributed by atoms with Gasteiger partial charge in [-0.25, -0.2) is 4.79 Å². The molecule has 0 spiro atoms. The third-order valence-corrected chi connectivity index (χ3v) is 2.74. The number of hydrogen-bond donors (Lipinski definition) is 3. The van der Waals surface area contributed by atoms with E-state index < -0.39 is 11.5 Å². The van der Waals surface area contributed by atoms with Gasteiger partial charge in [-0.3, -0.25) is 4.79 Å². The molecule has 3 N–H and O–H groups in total. The van der Waals surface area contributed by atoms with Gasteiger partial charge in [-0.05, 0) is 7.05 Å². The zero-order chi connectivity index (χ0) is 12.0. The number of aliphatic carboxylic acids is 1. The van der Waals surface area contributed by atoms with Crippen LogP contribution in [-0.2, 0) is 14.3 Å². The van der Waals surface area contributed by atoms with Crippen molar-refractivity contribution in [1.82, 2.24) is 10.6 Å². The van der Waals surface area contributed by atoms with Crippen molar-refractivity contribution in [3.05, 3.63) is 0 Å². The van der Waals surface area contributed by atoms with E-state index in [4.69, 9.17) is 4.74 Å². The van der Waals surface area contributed by atoms with Crippen LogP contribution in [0.25, 0.3) is 0 Å². The number of amides is 1. The number of carboxylic acids is 1. The highest BCUT2D eigenvalue weighted by atomic mass is 16.5. The van der Waals surface area contributed by atoms with Gasteiger partial charge in [0.2, 0.25) is 5.91 Å². The molecule has 6 heteroatoms. The van der Waals surface area contributed by atoms with E-state index in [2.05, 4.69) is 10.6 Å². The van der Waals surface area contributed by atoms with Crippen LogP contribution in [0.3, 0.4) is 0 Å². The maximum absolute atomic E-state index is 11.5. The SMILES string of the molecule is CNCCC(=O)NC1(C(=O)O)CCOCC1. The number of hydrogen-bond acceptors (Lipinski definition) is 4. The Morgan fingerprint density at radius 2 is 2.00 bits per heavy atom. The molecule has 1 rings (SSSR count). The monoisotopic (exact) mass is 230 g/mol. The van der Waals surface area contributed by atoms with Gasteiger partial charge in [-0.15, -0.1) is 0 Å². The first-order chi connectivity index (χ1) is 7.60. The fraction of sp³-hybridized carbons (Fsp3) is 0.800. The minimum absolute atomic E-state index is 0.237. The van der Waals surface area contributed by atoms with Gasteiger partial charge in [0, 0.05) is 39.0 Å². The summed E-state index contributed by atoms with van der Waals surface area (Å²) in [6, 6.07) is 0. The Hall–Kier alpha value is -1.14. The highest BCUT2D eigenvalue weighted by Crippen LogP contribution is 2.21. The van der Waals surface area contributed by atoms with Gasteiger partial charge < -0.3 is 20.5 Å².